The van der Waals surface area contributed by atoms with Gasteiger partial charge in [0.1, 0.15) is 5.76 Å². The van der Waals surface area contributed by atoms with Crippen molar-refractivity contribution in [2.45, 2.75) is 38.9 Å². The summed E-state index contributed by atoms with van der Waals surface area (Å²) in [6.45, 7) is 8.05. The average molecular weight is 290 g/mol. The maximum absolute atomic E-state index is 8.01. The van der Waals surface area contributed by atoms with Crippen molar-refractivity contribution in [1.29, 1.82) is 5.41 Å². The number of allylic oxidation sites excluding steroid dienone is 4. The van der Waals surface area contributed by atoms with Gasteiger partial charge in [0.15, 0.2) is 0 Å². The number of ether oxygens (including phenoxy) is 1. The summed E-state index contributed by atoms with van der Waals surface area (Å²) in [7, 11) is 2.89. The van der Waals surface area contributed by atoms with E-state index >= 15 is 0 Å². The Labute approximate surface area is 126 Å². The van der Waals surface area contributed by atoms with Gasteiger partial charge in [0, 0.05) is 30.4 Å². The molecule has 0 atom stereocenters. The van der Waals surface area contributed by atoms with E-state index in [9.17, 15) is 0 Å². The fraction of sp³-hybridized carbons (Fsp3) is 0.533. The van der Waals surface area contributed by atoms with Crippen LogP contribution in [-0.2, 0) is 14.0 Å². The van der Waals surface area contributed by atoms with Crippen LogP contribution in [0, 0.1) is 5.41 Å². The minimum absolute atomic E-state index is 0.390. The van der Waals surface area contributed by atoms with Crippen molar-refractivity contribution >= 4 is 12.8 Å². The molecular formula is C15H23BN2O3. The van der Waals surface area contributed by atoms with Crippen molar-refractivity contribution in [3.63, 3.8) is 0 Å². The first-order chi connectivity index (χ1) is 9.71. The topological polar surface area (TPSA) is 63.6 Å². The largest absolute Gasteiger partial charge is 0.498 e. The van der Waals surface area contributed by atoms with Crippen LogP contribution in [0.5, 0.6) is 0 Å². The van der Waals surface area contributed by atoms with E-state index in [1.807, 2.05) is 33.8 Å². The SMILES string of the molecule is CN/C=C1/C=C(B2OC(C)(C)C(C)(C)O2)C(OC)=CC1=N. The smallest absolute Gasteiger partial charge is 0.497 e. The Morgan fingerprint density at radius 3 is 2.24 bits per heavy atom. The van der Waals surface area contributed by atoms with Gasteiger partial charge in [0.05, 0.1) is 24.0 Å². The molecule has 0 spiro atoms. The Morgan fingerprint density at radius 1 is 1.19 bits per heavy atom. The van der Waals surface area contributed by atoms with Crippen molar-refractivity contribution < 1.29 is 14.0 Å². The van der Waals surface area contributed by atoms with E-state index in [1.165, 1.54) is 0 Å². The number of hydrogen-bond donors (Lipinski definition) is 2. The summed E-state index contributed by atoms with van der Waals surface area (Å²) in [5, 5.41) is 11.0. The summed E-state index contributed by atoms with van der Waals surface area (Å²) < 4.78 is 17.5. The van der Waals surface area contributed by atoms with Gasteiger partial charge in [-0.15, -0.1) is 0 Å². The van der Waals surface area contributed by atoms with Gasteiger partial charge in [-0.2, -0.15) is 0 Å². The zero-order chi connectivity index (χ0) is 15.8. The second kappa shape index (κ2) is 5.35. The highest BCUT2D eigenvalue weighted by molar-refractivity contribution is 6.56. The molecule has 1 aliphatic heterocycles. The van der Waals surface area contributed by atoms with Crippen LogP contribution in [0.3, 0.4) is 0 Å². The van der Waals surface area contributed by atoms with Crippen molar-refractivity contribution in [2.24, 2.45) is 0 Å². The van der Waals surface area contributed by atoms with E-state index in [4.69, 9.17) is 19.5 Å². The highest BCUT2D eigenvalue weighted by Crippen LogP contribution is 2.40. The predicted molar refractivity (Wildman–Crippen MR) is 84.1 cm³/mol. The summed E-state index contributed by atoms with van der Waals surface area (Å²) in [6.07, 6.45) is 5.33. The molecule has 1 fully saturated rings. The summed E-state index contributed by atoms with van der Waals surface area (Å²) in [5.41, 5.74) is 1.14. The predicted octanol–water partition coefficient (Wildman–Crippen LogP) is 2.21. The molecule has 6 heteroatoms. The minimum atomic E-state index is -0.505. The monoisotopic (exact) mass is 290 g/mol. The molecule has 2 rings (SSSR count). The number of rotatable bonds is 3. The lowest BCUT2D eigenvalue weighted by Crippen LogP contribution is -2.41. The van der Waals surface area contributed by atoms with Crippen LogP contribution < -0.4 is 5.32 Å². The molecule has 0 aromatic rings. The highest BCUT2D eigenvalue weighted by atomic mass is 16.7. The first-order valence-electron chi connectivity index (χ1n) is 7.01. The van der Waals surface area contributed by atoms with E-state index in [0.29, 0.717) is 11.5 Å². The summed E-state index contributed by atoms with van der Waals surface area (Å²) in [4.78, 5) is 0. The lowest BCUT2D eigenvalue weighted by atomic mass is 9.73. The molecule has 0 unspecified atom stereocenters. The first-order valence-corrected chi connectivity index (χ1v) is 7.01. The van der Waals surface area contributed by atoms with Crippen LogP contribution in [0.4, 0.5) is 0 Å². The normalized spacial score (nSPS) is 25.7. The zero-order valence-corrected chi connectivity index (χ0v) is 13.5. The van der Waals surface area contributed by atoms with Gasteiger partial charge >= 0.3 is 7.12 Å². The lowest BCUT2D eigenvalue weighted by Gasteiger charge is -2.32. The molecule has 0 saturated carbocycles. The fourth-order valence-electron chi connectivity index (χ4n) is 2.22. The second-order valence-corrected chi connectivity index (χ2v) is 6.20. The van der Waals surface area contributed by atoms with Crippen molar-refractivity contribution in [3.8, 4) is 0 Å². The third-order valence-corrected chi connectivity index (χ3v) is 4.21. The van der Waals surface area contributed by atoms with Gasteiger partial charge in [-0.1, -0.05) is 0 Å². The molecule has 0 aromatic carbocycles. The summed E-state index contributed by atoms with van der Waals surface area (Å²) in [6, 6.07) is 0. The molecule has 0 amide bonds. The van der Waals surface area contributed by atoms with Gasteiger partial charge in [-0.25, -0.2) is 0 Å². The quantitative estimate of drug-likeness (QED) is 0.782. The van der Waals surface area contributed by atoms with Crippen LogP contribution in [0.25, 0.3) is 0 Å². The minimum Gasteiger partial charge on any atom is -0.497 e. The zero-order valence-electron chi connectivity index (χ0n) is 13.5. The third kappa shape index (κ3) is 2.78. The number of methoxy groups -OCH3 is 1. The number of nitrogens with one attached hydrogen (secondary N) is 2. The molecule has 114 valence electrons. The third-order valence-electron chi connectivity index (χ3n) is 4.21. The van der Waals surface area contributed by atoms with E-state index in [1.54, 1.807) is 26.4 Å². The number of hydrogen-bond acceptors (Lipinski definition) is 5. The lowest BCUT2D eigenvalue weighted by molar-refractivity contribution is 0.00578. The van der Waals surface area contributed by atoms with Gasteiger partial charge in [0.25, 0.3) is 0 Å². The van der Waals surface area contributed by atoms with Crippen LogP contribution in [-0.4, -0.2) is 38.2 Å². The van der Waals surface area contributed by atoms with E-state index in [0.717, 1.165) is 11.0 Å². The fourth-order valence-corrected chi connectivity index (χ4v) is 2.22. The molecule has 1 heterocycles. The standard InChI is InChI=1S/C15H23BN2O3/c1-14(2)15(3,4)21-16(20-14)11-7-10(9-18-5)12(17)8-13(11)19-6/h7-9,17-18H,1-6H3/b10-9-,17-12?. The molecule has 1 aliphatic carbocycles. The van der Waals surface area contributed by atoms with E-state index < -0.39 is 18.3 Å². The summed E-state index contributed by atoms with van der Waals surface area (Å²) >= 11 is 0. The first kappa shape index (κ1) is 15.9. The molecule has 2 N–H and O–H groups in total. The van der Waals surface area contributed by atoms with Gasteiger partial charge in [-0.05, 0) is 33.8 Å². The molecule has 1 saturated heterocycles. The van der Waals surface area contributed by atoms with Crippen molar-refractivity contribution in [1.82, 2.24) is 5.32 Å². The molecule has 0 aromatic heterocycles. The van der Waals surface area contributed by atoms with Crippen LogP contribution >= 0.6 is 0 Å². The van der Waals surface area contributed by atoms with Gasteiger partial charge in [0.2, 0.25) is 0 Å². The highest BCUT2D eigenvalue weighted by Gasteiger charge is 2.53. The van der Waals surface area contributed by atoms with Crippen molar-refractivity contribution in [3.05, 3.63) is 35.2 Å². The Hall–Kier alpha value is -1.53. The Kier molecular flexibility index (Phi) is 4.04. The molecule has 0 radical (unpaired) electrons. The molecule has 5 nitrogen and oxygen atoms in total. The second-order valence-electron chi connectivity index (χ2n) is 6.20. The maximum Gasteiger partial charge on any atom is 0.498 e. The van der Waals surface area contributed by atoms with Crippen molar-refractivity contribution in [2.75, 3.05) is 14.2 Å². The van der Waals surface area contributed by atoms with Gasteiger partial charge in [-0.3, -0.25) is 0 Å². The molecule has 2 aliphatic rings. The van der Waals surface area contributed by atoms with Crippen LogP contribution in [0.1, 0.15) is 27.7 Å². The average Bonchev–Trinajstić information content (AvgIpc) is 2.60. The maximum atomic E-state index is 8.01. The van der Waals surface area contributed by atoms with Crippen LogP contribution in [0.2, 0.25) is 0 Å². The Morgan fingerprint density at radius 2 is 1.76 bits per heavy atom. The molecular weight excluding hydrogens is 267 g/mol. The Bertz CT molecular complexity index is 531. The van der Waals surface area contributed by atoms with E-state index in [2.05, 4.69) is 5.32 Å². The molecule has 0 bridgehead atoms. The summed E-state index contributed by atoms with van der Waals surface area (Å²) in [5.74, 6) is 0.603. The van der Waals surface area contributed by atoms with Crippen LogP contribution in [0.15, 0.2) is 35.2 Å². The van der Waals surface area contributed by atoms with E-state index in [-0.39, 0.29) is 0 Å². The Balaban J connectivity index is 2.37. The molecule has 21 heavy (non-hydrogen) atoms. The van der Waals surface area contributed by atoms with Gasteiger partial charge < -0.3 is 24.8 Å².